The van der Waals surface area contributed by atoms with Crippen molar-refractivity contribution in [3.05, 3.63) is 39.7 Å². The van der Waals surface area contributed by atoms with Crippen LogP contribution in [-0.2, 0) is 4.74 Å². The maximum Gasteiger partial charge on any atom is 0.305 e. The van der Waals surface area contributed by atoms with Crippen molar-refractivity contribution in [2.24, 2.45) is 0 Å². The molecule has 0 N–H and O–H groups in total. The minimum atomic E-state index is -0.944. The molecule has 7 heteroatoms. The van der Waals surface area contributed by atoms with Crippen molar-refractivity contribution in [1.82, 2.24) is 4.90 Å². The zero-order valence-corrected chi connectivity index (χ0v) is 11.0. The Kier molecular flexibility index (Phi) is 4.29. The van der Waals surface area contributed by atoms with Gasteiger partial charge in [-0.2, -0.15) is 4.39 Å². The van der Waals surface area contributed by atoms with Gasteiger partial charge in [0.1, 0.15) is 0 Å². The van der Waals surface area contributed by atoms with Crippen molar-refractivity contribution in [3.8, 4) is 0 Å². The molecule has 1 aliphatic rings. The zero-order valence-electron chi connectivity index (χ0n) is 11.0. The van der Waals surface area contributed by atoms with E-state index in [0.717, 1.165) is 25.0 Å². The Hall–Kier alpha value is -2.02. The van der Waals surface area contributed by atoms with Crippen LogP contribution in [0.15, 0.2) is 18.2 Å². The Morgan fingerprint density at radius 3 is 2.70 bits per heavy atom. The maximum atomic E-state index is 13.3. The first-order valence-corrected chi connectivity index (χ1v) is 6.29. The van der Waals surface area contributed by atoms with Crippen molar-refractivity contribution >= 4 is 11.6 Å². The molecule has 0 aromatic heterocycles. The van der Waals surface area contributed by atoms with Crippen LogP contribution >= 0.6 is 0 Å². The van der Waals surface area contributed by atoms with Gasteiger partial charge in [-0.05, 0) is 25.0 Å². The van der Waals surface area contributed by atoms with Crippen molar-refractivity contribution in [2.45, 2.75) is 18.9 Å². The second-order valence-electron chi connectivity index (χ2n) is 4.68. The van der Waals surface area contributed by atoms with Crippen LogP contribution in [0.25, 0.3) is 0 Å². The Labute approximate surface area is 115 Å². The quantitative estimate of drug-likeness (QED) is 0.627. The molecule has 108 valence electrons. The summed E-state index contributed by atoms with van der Waals surface area (Å²) in [4.78, 5) is 23.7. The number of hydrogen-bond donors (Lipinski definition) is 0. The highest BCUT2D eigenvalue weighted by molar-refractivity contribution is 5.94. The number of ether oxygens (including phenoxy) is 1. The van der Waals surface area contributed by atoms with E-state index in [0.29, 0.717) is 13.2 Å². The third kappa shape index (κ3) is 2.93. The molecule has 0 bridgehead atoms. The lowest BCUT2D eigenvalue weighted by Crippen LogP contribution is -2.40. The highest BCUT2D eigenvalue weighted by Gasteiger charge is 2.25. The maximum absolute atomic E-state index is 13.3. The van der Waals surface area contributed by atoms with Gasteiger partial charge in [0.15, 0.2) is 0 Å². The summed E-state index contributed by atoms with van der Waals surface area (Å²) in [5.41, 5.74) is -0.566. The molecule has 0 unspecified atom stereocenters. The molecule has 1 fully saturated rings. The van der Waals surface area contributed by atoms with Crippen LogP contribution in [0.1, 0.15) is 23.2 Å². The Bertz CT molecular complexity index is 529. The standard InChI is InChI=1S/C13H15FN2O4/c1-15(10-4-6-20-7-5-10)13(17)9-2-3-11(14)12(8-9)16(18)19/h2-3,8,10H,4-7H2,1H3. The number of halogens is 1. The zero-order chi connectivity index (χ0) is 14.7. The van der Waals surface area contributed by atoms with E-state index in [2.05, 4.69) is 0 Å². The van der Waals surface area contributed by atoms with E-state index in [9.17, 15) is 19.3 Å². The molecular formula is C13H15FN2O4. The Balaban J connectivity index is 2.19. The molecule has 0 radical (unpaired) electrons. The van der Waals surface area contributed by atoms with Crippen molar-refractivity contribution in [3.63, 3.8) is 0 Å². The molecular weight excluding hydrogens is 267 g/mol. The monoisotopic (exact) mass is 282 g/mol. The van der Waals surface area contributed by atoms with E-state index in [-0.39, 0.29) is 17.5 Å². The largest absolute Gasteiger partial charge is 0.381 e. The van der Waals surface area contributed by atoms with Crippen molar-refractivity contribution in [2.75, 3.05) is 20.3 Å². The van der Waals surface area contributed by atoms with Gasteiger partial charge in [-0.15, -0.1) is 0 Å². The van der Waals surface area contributed by atoms with Crippen molar-refractivity contribution < 1.29 is 18.8 Å². The molecule has 1 aromatic rings. The summed E-state index contributed by atoms with van der Waals surface area (Å²) < 4.78 is 18.5. The first kappa shape index (κ1) is 14.4. The number of amides is 1. The molecule has 0 saturated carbocycles. The molecule has 0 aliphatic carbocycles. The number of nitro benzene ring substituents is 1. The first-order chi connectivity index (χ1) is 9.50. The number of nitro groups is 1. The van der Waals surface area contributed by atoms with Gasteiger partial charge in [0.25, 0.3) is 5.91 Å². The molecule has 1 amide bonds. The summed E-state index contributed by atoms with van der Waals surface area (Å²) in [7, 11) is 1.65. The molecule has 1 heterocycles. The summed E-state index contributed by atoms with van der Waals surface area (Å²) in [5.74, 6) is -1.29. The van der Waals surface area contributed by atoms with E-state index in [4.69, 9.17) is 4.74 Å². The van der Waals surface area contributed by atoms with Gasteiger partial charge in [-0.1, -0.05) is 0 Å². The molecule has 0 atom stereocenters. The van der Waals surface area contributed by atoms with Gasteiger partial charge < -0.3 is 9.64 Å². The average Bonchev–Trinajstić information content (AvgIpc) is 2.47. The topological polar surface area (TPSA) is 72.7 Å². The van der Waals surface area contributed by atoms with Crippen LogP contribution in [0.2, 0.25) is 0 Å². The third-order valence-electron chi connectivity index (χ3n) is 3.45. The highest BCUT2D eigenvalue weighted by Crippen LogP contribution is 2.21. The number of nitrogens with zero attached hydrogens (tertiary/aromatic N) is 2. The molecule has 1 aromatic carbocycles. The normalized spacial score (nSPS) is 15.9. The van der Waals surface area contributed by atoms with E-state index in [1.54, 1.807) is 11.9 Å². The van der Waals surface area contributed by atoms with Gasteiger partial charge in [-0.25, -0.2) is 0 Å². The predicted octanol–water partition coefficient (Wildman–Crippen LogP) is 1.98. The lowest BCUT2D eigenvalue weighted by molar-refractivity contribution is -0.387. The summed E-state index contributed by atoms with van der Waals surface area (Å²) in [6.07, 6.45) is 1.46. The SMILES string of the molecule is CN(C(=O)c1ccc(F)c([N+](=O)[O-])c1)C1CCOCC1. The molecule has 6 nitrogen and oxygen atoms in total. The number of rotatable bonds is 3. The number of benzene rings is 1. The third-order valence-corrected chi connectivity index (χ3v) is 3.45. The van der Waals surface area contributed by atoms with E-state index in [1.807, 2.05) is 0 Å². The second kappa shape index (κ2) is 5.96. The fourth-order valence-electron chi connectivity index (χ4n) is 2.23. The number of carbonyl (C=O) groups is 1. The van der Waals surface area contributed by atoms with Crippen LogP contribution in [-0.4, -0.2) is 42.0 Å². The van der Waals surface area contributed by atoms with Gasteiger partial charge in [0.2, 0.25) is 5.82 Å². The van der Waals surface area contributed by atoms with Gasteiger partial charge >= 0.3 is 5.69 Å². The predicted molar refractivity (Wildman–Crippen MR) is 69.0 cm³/mol. The lowest BCUT2D eigenvalue weighted by atomic mass is 10.1. The summed E-state index contributed by atoms with van der Waals surface area (Å²) in [6.45, 7) is 1.18. The van der Waals surface area contributed by atoms with E-state index >= 15 is 0 Å². The van der Waals surface area contributed by atoms with Gasteiger partial charge in [-0.3, -0.25) is 14.9 Å². The van der Waals surface area contributed by atoms with Gasteiger partial charge in [0.05, 0.1) is 4.92 Å². The molecule has 20 heavy (non-hydrogen) atoms. The van der Waals surface area contributed by atoms with Crippen LogP contribution in [0.3, 0.4) is 0 Å². The van der Waals surface area contributed by atoms with E-state index in [1.165, 1.54) is 6.07 Å². The summed E-state index contributed by atoms with van der Waals surface area (Å²) in [5, 5.41) is 10.7. The minimum Gasteiger partial charge on any atom is -0.381 e. The average molecular weight is 282 g/mol. The Morgan fingerprint density at radius 2 is 2.10 bits per heavy atom. The molecule has 0 spiro atoms. The fraction of sp³-hybridized carbons (Fsp3) is 0.462. The van der Waals surface area contributed by atoms with Crippen LogP contribution in [0.4, 0.5) is 10.1 Å². The van der Waals surface area contributed by atoms with Crippen molar-refractivity contribution in [1.29, 1.82) is 0 Å². The molecule has 1 aliphatic heterocycles. The van der Waals surface area contributed by atoms with Crippen LogP contribution in [0, 0.1) is 15.9 Å². The Morgan fingerprint density at radius 1 is 1.45 bits per heavy atom. The fourth-order valence-corrected chi connectivity index (χ4v) is 2.23. The van der Waals surface area contributed by atoms with Crippen LogP contribution < -0.4 is 0 Å². The molecule has 2 rings (SSSR count). The lowest BCUT2D eigenvalue weighted by Gasteiger charge is -2.31. The summed E-state index contributed by atoms with van der Waals surface area (Å²) >= 11 is 0. The summed E-state index contributed by atoms with van der Waals surface area (Å²) in [6, 6.07) is 3.23. The van der Waals surface area contributed by atoms with Gasteiger partial charge in [0, 0.05) is 37.9 Å². The van der Waals surface area contributed by atoms with E-state index < -0.39 is 16.4 Å². The number of hydrogen-bond acceptors (Lipinski definition) is 4. The molecule has 1 saturated heterocycles. The second-order valence-corrected chi connectivity index (χ2v) is 4.68. The van der Waals surface area contributed by atoms with Crippen LogP contribution in [0.5, 0.6) is 0 Å². The number of carbonyl (C=O) groups excluding carboxylic acids is 1. The highest BCUT2D eigenvalue weighted by atomic mass is 19.1. The first-order valence-electron chi connectivity index (χ1n) is 6.29. The minimum absolute atomic E-state index is 0.0420. The smallest absolute Gasteiger partial charge is 0.305 e.